The zero-order valence-corrected chi connectivity index (χ0v) is 12.0. The van der Waals surface area contributed by atoms with Gasteiger partial charge in [0.1, 0.15) is 0 Å². The summed E-state index contributed by atoms with van der Waals surface area (Å²) in [6.07, 6.45) is 1.35. The minimum atomic E-state index is -0.234. The molecule has 2 unspecified atom stereocenters. The molecule has 20 heavy (non-hydrogen) atoms. The van der Waals surface area contributed by atoms with Crippen LogP contribution in [0.25, 0.3) is 0 Å². The van der Waals surface area contributed by atoms with Crippen molar-refractivity contribution in [1.29, 1.82) is 0 Å². The number of imide groups is 1. The van der Waals surface area contributed by atoms with Gasteiger partial charge in [0.05, 0.1) is 5.92 Å². The average Bonchev–Trinajstić information content (AvgIpc) is 2.69. The summed E-state index contributed by atoms with van der Waals surface area (Å²) in [6, 6.07) is 8.09. The number of hydrogen-bond donors (Lipinski definition) is 1. The highest BCUT2D eigenvalue weighted by Gasteiger charge is 2.51. The molecule has 1 aromatic carbocycles. The van der Waals surface area contributed by atoms with E-state index in [4.69, 9.17) is 0 Å². The standard InChI is InChI=1S/C16H20N2O2/c1-11-4-3-5-12(8-11)14-15(20)17-13(19)9-16(14)6-7-18(2)10-16/h3-5,8,14H,6-7,9-10H2,1-2H3,(H,17,19,20). The normalized spacial score (nSPS) is 30.8. The maximum absolute atomic E-state index is 12.4. The van der Waals surface area contributed by atoms with E-state index in [1.54, 1.807) is 0 Å². The van der Waals surface area contributed by atoms with Gasteiger partial charge in [-0.05, 0) is 32.5 Å². The largest absolute Gasteiger partial charge is 0.306 e. The molecule has 2 amide bonds. The van der Waals surface area contributed by atoms with Gasteiger partial charge in [-0.1, -0.05) is 29.8 Å². The van der Waals surface area contributed by atoms with Crippen molar-refractivity contribution in [3.05, 3.63) is 35.4 Å². The molecule has 4 nitrogen and oxygen atoms in total. The van der Waals surface area contributed by atoms with Gasteiger partial charge in [0.25, 0.3) is 0 Å². The van der Waals surface area contributed by atoms with E-state index in [9.17, 15) is 9.59 Å². The third-order valence-electron chi connectivity index (χ3n) is 4.60. The molecule has 2 atom stereocenters. The predicted molar refractivity (Wildman–Crippen MR) is 76.2 cm³/mol. The number of nitrogens with zero attached hydrogens (tertiary/aromatic N) is 1. The lowest BCUT2D eigenvalue weighted by Gasteiger charge is -2.39. The maximum Gasteiger partial charge on any atom is 0.234 e. The van der Waals surface area contributed by atoms with Gasteiger partial charge in [0, 0.05) is 18.4 Å². The van der Waals surface area contributed by atoms with Crippen LogP contribution in [0.5, 0.6) is 0 Å². The highest BCUT2D eigenvalue weighted by atomic mass is 16.2. The molecule has 0 aromatic heterocycles. The van der Waals surface area contributed by atoms with Crippen LogP contribution in [-0.2, 0) is 9.59 Å². The van der Waals surface area contributed by atoms with Crippen LogP contribution < -0.4 is 5.32 Å². The van der Waals surface area contributed by atoms with Gasteiger partial charge in [-0.15, -0.1) is 0 Å². The number of piperidine rings is 1. The highest BCUT2D eigenvalue weighted by molar-refractivity contribution is 6.02. The van der Waals surface area contributed by atoms with Crippen LogP contribution in [0.2, 0.25) is 0 Å². The highest BCUT2D eigenvalue weighted by Crippen LogP contribution is 2.48. The Bertz CT molecular complexity index is 569. The van der Waals surface area contributed by atoms with E-state index in [-0.39, 0.29) is 23.1 Å². The molecule has 1 aromatic rings. The topological polar surface area (TPSA) is 49.4 Å². The molecule has 1 N–H and O–H groups in total. The lowest BCUT2D eigenvalue weighted by molar-refractivity contribution is -0.139. The Labute approximate surface area is 119 Å². The summed E-state index contributed by atoms with van der Waals surface area (Å²) in [4.78, 5) is 26.5. The minimum absolute atomic E-state index is 0.130. The number of amides is 2. The molecule has 4 heteroatoms. The Morgan fingerprint density at radius 2 is 2.15 bits per heavy atom. The summed E-state index contributed by atoms with van der Waals surface area (Å²) in [5.74, 6) is -0.485. The van der Waals surface area contributed by atoms with Crippen molar-refractivity contribution in [2.24, 2.45) is 5.41 Å². The van der Waals surface area contributed by atoms with E-state index >= 15 is 0 Å². The fourth-order valence-corrected chi connectivity index (χ4v) is 3.80. The Morgan fingerprint density at radius 3 is 2.80 bits per heavy atom. The van der Waals surface area contributed by atoms with Crippen LogP contribution in [0.4, 0.5) is 0 Å². The van der Waals surface area contributed by atoms with Gasteiger partial charge in [-0.2, -0.15) is 0 Å². The number of carbonyl (C=O) groups excluding carboxylic acids is 2. The van der Waals surface area contributed by atoms with E-state index in [0.717, 1.165) is 30.6 Å². The molecule has 0 radical (unpaired) electrons. The Hall–Kier alpha value is -1.68. The SMILES string of the molecule is Cc1cccc(C2C(=O)NC(=O)CC23CCN(C)C3)c1. The molecule has 0 aliphatic carbocycles. The van der Waals surface area contributed by atoms with Crippen molar-refractivity contribution in [2.75, 3.05) is 20.1 Å². The summed E-state index contributed by atoms with van der Waals surface area (Å²) < 4.78 is 0. The lowest BCUT2D eigenvalue weighted by atomic mass is 9.66. The van der Waals surface area contributed by atoms with Crippen LogP contribution in [0, 0.1) is 12.3 Å². The predicted octanol–water partition coefficient (Wildman–Crippen LogP) is 1.45. The molecule has 3 rings (SSSR count). The second-order valence-electron chi connectivity index (χ2n) is 6.29. The number of benzene rings is 1. The van der Waals surface area contributed by atoms with Crippen molar-refractivity contribution in [3.63, 3.8) is 0 Å². The zero-order chi connectivity index (χ0) is 14.3. The van der Waals surface area contributed by atoms with Gasteiger partial charge in [0.2, 0.25) is 11.8 Å². The van der Waals surface area contributed by atoms with Crippen molar-refractivity contribution in [3.8, 4) is 0 Å². The maximum atomic E-state index is 12.4. The van der Waals surface area contributed by atoms with Crippen LogP contribution in [-0.4, -0.2) is 36.9 Å². The molecule has 1 spiro atoms. The van der Waals surface area contributed by atoms with E-state index in [2.05, 4.69) is 23.3 Å². The second-order valence-corrected chi connectivity index (χ2v) is 6.29. The van der Waals surface area contributed by atoms with Gasteiger partial charge < -0.3 is 4.90 Å². The second kappa shape index (κ2) is 4.70. The van der Waals surface area contributed by atoms with E-state index < -0.39 is 0 Å². The van der Waals surface area contributed by atoms with Crippen LogP contribution >= 0.6 is 0 Å². The van der Waals surface area contributed by atoms with Gasteiger partial charge in [-0.25, -0.2) is 0 Å². The lowest BCUT2D eigenvalue weighted by Crippen LogP contribution is -2.51. The molecular formula is C16H20N2O2. The third kappa shape index (κ3) is 2.14. The fraction of sp³-hybridized carbons (Fsp3) is 0.500. The first kappa shape index (κ1) is 13.3. The number of likely N-dealkylation sites (tertiary alicyclic amines) is 1. The van der Waals surface area contributed by atoms with Gasteiger partial charge in [0.15, 0.2) is 0 Å². The first-order chi connectivity index (χ1) is 9.50. The molecule has 2 aliphatic heterocycles. The summed E-state index contributed by atoms with van der Waals surface area (Å²) in [6.45, 7) is 3.79. The first-order valence-corrected chi connectivity index (χ1v) is 7.09. The molecule has 2 saturated heterocycles. The van der Waals surface area contributed by atoms with Crippen molar-refractivity contribution < 1.29 is 9.59 Å². The Balaban J connectivity index is 2.04. The monoisotopic (exact) mass is 272 g/mol. The van der Waals surface area contributed by atoms with Crippen LogP contribution in [0.15, 0.2) is 24.3 Å². The van der Waals surface area contributed by atoms with Crippen molar-refractivity contribution in [1.82, 2.24) is 10.2 Å². The number of rotatable bonds is 1. The molecule has 2 heterocycles. The Kier molecular flexibility index (Phi) is 3.13. The number of nitrogens with one attached hydrogen (secondary N) is 1. The first-order valence-electron chi connectivity index (χ1n) is 7.09. The average molecular weight is 272 g/mol. The van der Waals surface area contributed by atoms with E-state index in [0.29, 0.717) is 6.42 Å². The fourth-order valence-electron chi connectivity index (χ4n) is 3.80. The Morgan fingerprint density at radius 1 is 1.35 bits per heavy atom. The van der Waals surface area contributed by atoms with E-state index in [1.807, 2.05) is 25.1 Å². The van der Waals surface area contributed by atoms with Crippen LogP contribution in [0.3, 0.4) is 0 Å². The zero-order valence-electron chi connectivity index (χ0n) is 12.0. The number of hydrogen-bond acceptors (Lipinski definition) is 3. The number of carbonyl (C=O) groups is 2. The summed E-state index contributed by atoms with van der Waals surface area (Å²) in [5, 5.41) is 2.52. The molecule has 2 aliphatic rings. The van der Waals surface area contributed by atoms with Crippen molar-refractivity contribution >= 4 is 11.8 Å². The quantitative estimate of drug-likeness (QED) is 0.787. The minimum Gasteiger partial charge on any atom is -0.306 e. The molecule has 0 bridgehead atoms. The third-order valence-corrected chi connectivity index (χ3v) is 4.60. The molecule has 0 saturated carbocycles. The molecular weight excluding hydrogens is 252 g/mol. The van der Waals surface area contributed by atoms with Gasteiger partial charge >= 0.3 is 0 Å². The summed E-state index contributed by atoms with van der Waals surface area (Å²) >= 11 is 0. The van der Waals surface area contributed by atoms with E-state index in [1.165, 1.54) is 0 Å². The number of aryl methyl sites for hydroxylation is 1. The smallest absolute Gasteiger partial charge is 0.234 e. The summed E-state index contributed by atoms with van der Waals surface area (Å²) in [7, 11) is 2.05. The van der Waals surface area contributed by atoms with Crippen molar-refractivity contribution in [2.45, 2.75) is 25.7 Å². The van der Waals surface area contributed by atoms with Gasteiger partial charge in [-0.3, -0.25) is 14.9 Å². The molecule has 2 fully saturated rings. The van der Waals surface area contributed by atoms with Crippen LogP contribution in [0.1, 0.15) is 29.9 Å². The summed E-state index contributed by atoms with van der Waals surface area (Å²) in [5.41, 5.74) is 1.95. The molecule has 106 valence electrons.